The molecule has 1 fully saturated rings. The number of carbonyl (C=O) groups excluding carboxylic acids is 1. The van der Waals surface area contributed by atoms with Crippen molar-refractivity contribution >= 4 is 38.8 Å². The number of carbonyl (C=O) groups is 1. The lowest BCUT2D eigenvalue weighted by molar-refractivity contribution is 0.101. The molecule has 0 unspecified atom stereocenters. The molecule has 1 amide bonds. The second-order valence-electron chi connectivity index (χ2n) is 10.3. The summed E-state index contributed by atoms with van der Waals surface area (Å²) in [6, 6.07) is 19.1. The van der Waals surface area contributed by atoms with Crippen LogP contribution in [-0.4, -0.2) is 29.2 Å². The zero-order chi connectivity index (χ0) is 25.4. The molecule has 3 heterocycles. The molecule has 2 aliphatic rings. The maximum Gasteiger partial charge on any atom is 0.272 e. The van der Waals surface area contributed by atoms with Gasteiger partial charge in [-0.3, -0.25) is 4.79 Å². The molecule has 3 N–H and O–H groups in total. The van der Waals surface area contributed by atoms with E-state index in [-0.39, 0.29) is 12.0 Å². The summed E-state index contributed by atoms with van der Waals surface area (Å²) in [5, 5.41) is 5.28. The topological polar surface area (TPSA) is 72.5 Å². The van der Waals surface area contributed by atoms with Crippen LogP contribution >= 0.6 is 11.3 Å². The molecule has 0 saturated heterocycles. The van der Waals surface area contributed by atoms with Crippen LogP contribution in [-0.2, 0) is 20.0 Å². The fourth-order valence-electron chi connectivity index (χ4n) is 5.74. The first-order chi connectivity index (χ1) is 18.0. The number of ether oxygens (including phenoxy) is 1. The highest BCUT2D eigenvalue weighted by Crippen LogP contribution is 2.36. The lowest BCUT2D eigenvalue weighted by atomic mass is 9.94. The van der Waals surface area contributed by atoms with Crippen molar-refractivity contribution in [3.05, 3.63) is 76.8 Å². The van der Waals surface area contributed by atoms with Crippen molar-refractivity contribution in [2.75, 3.05) is 16.8 Å². The van der Waals surface area contributed by atoms with Gasteiger partial charge in [-0.15, -0.1) is 11.3 Å². The summed E-state index contributed by atoms with van der Waals surface area (Å²) in [5.41, 5.74) is 12.3. The number of nitrogens with two attached hydrogens (primary N) is 1. The van der Waals surface area contributed by atoms with Crippen LogP contribution < -0.4 is 20.7 Å². The molecule has 2 aromatic heterocycles. The zero-order valence-electron chi connectivity index (χ0n) is 21.3. The van der Waals surface area contributed by atoms with Crippen LogP contribution in [0.2, 0.25) is 0 Å². The van der Waals surface area contributed by atoms with E-state index in [0.29, 0.717) is 11.7 Å². The van der Waals surface area contributed by atoms with E-state index in [2.05, 4.69) is 52.0 Å². The Morgan fingerprint density at radius 3 is 2.70 bits per heavy atom. The minimum atomic E-state index is -0.0741. The number of aromatic nitrogens is 1. The minimum absolute atomic E-state index is 0.0741. The highest BCUT2D eigenvalue weighted by Gasteiger charge is 2.23. The lowest BCUT2D eigenvalue weighted by Crippen LogP contribution is -2.31. The van der Waals surface area contributed by atoms with Gasteiger partial charge in [0, 0.05) is 26.2 Å². The molecular formula is C30H34N4O2S. The Balaban J connectivity index is 1.18. The van der Waals surface area contributed by atoms with Crippen LogP contribution in [0.15, 0.2) is 60.0 Å². The maximum absolute atomic E-state index is 13.3. The van der Waals surface area contributed by atoms with E-state index in [0.717, 1.165) is 79.0 Å². The first-order valence-corrected chi connectivity index (χ1v) is 14.2. The van der Waals surface area contributed by atoms with E-state index in [1.165, 1.54) is 11.1 Å². The van der Waals surface area contributed by atoms with Crippen LogP contribution in [0.5, 0.6) is 5.75 Å². The second-order valence-corrected chi connectivity index (χ2v) is 11.3. The van der Waals surface area contributed by atoms with E-state index in [1.807, 2.05) is 29.8 Å². The standard InChI is InChI=1S/C30H34N4O2S/c1-33-26-15-17-37-28(26)18-27(33)30(35)32-25-6-2-4-21-5-3-16-34(29(21)25)19-20-7-11-23(12-8-20)36-24-13-9-22(31)10-14-24/h2,4,6-8,11-12,15,17-18,22,24H,3,5,9-10,13-14,16,19,31H2,1H3,(H,32,35)/t22-,24+. The summed E-state index contributed by atoms with van der Waals surface area (Å²) in [5.74, 6) is 0.855. The van der Waals surface area contributed by atoms with Crippen LogP contribution in [0.25, 0.3) is 10.2 Å². The van der Waals surface area contributed by atoms with E-state index in [9.17, 15) is 4.79 Å². The molecule has 0 atom stereocenters. The number of nitrogens with zero attached hydrogens (tertiary/aromatic N) is 2. The number of para-hydroxylation sites is 1. The van der Waals surface area contributed by atoms with Crippen LogP contribution in [0.4, 0.5) is 11.4 Å². The average molecular weight is 515 g/mol. The average Bonchev–Trinajstić information content (AvgIpc) is 3.50. The van der Waals surface area contributed by atoms with Gasteiger partial charge in [-0.25, -0.2) is 0 Å². The number of hydrogen-bond donors (Lipinski definition) is 2. The molecule has 6 rings (SSSR count). The van der Waals surface area contributed by atoms with E-state index in [4.69, 9.17) is 10.5 Å². The Kier molecular flexibility index (Phi) is 6.65. The summed E-state index contributed by atoms with van der Waals surface area (Å²) in [6.07, 6.45) is 6.53. The molecule has 7 heteroatoms. The normalized spacial score (nSPS) is 19.6. The predicted octanol–water partition coefficient (Wildman–Crippen LogP) is 6.09. The number of nitrogens with one attached hydrogen (secondary N) is 1. The first-order valence-electron chi connectivity index (χ1n) is 13.3. The maximum atomic E-state index is 13.3. The van der Waals surface area contributed by atoms with Gasteiger partial charge in [0.1, 0.15) is 11.4 Å². The molecule has 192 valence electrons. The van der Waals surface area contributed by atoms with E-state index >= 15 is 0 Å². The highest BCUT2D eigenvalue weighted by atomic mass is 32.1. The third-order valence-corrected chi connectivity index (χ3v) is 8.63. The molecule has 1 saturated carbocycles. The van der Waals surface area contributed by atoms with Gasteiger partial charge in [-0.1, -0.05) is 24.3 Å². The van der Waals surface area contributed by atoms with Gasteiger partial charge >= 0.3 is 0 Å². The fraction of sp³-hybridized carbons (Fsp3) is 0.367. The molecule has 6 nitrogen and oxygen atoms in total. The summed E-state index contributed by atoms with van der Waals surface area (Å²) in [7, 11) is 1.95. The smallest absolute Gasteiger partial charge is 0.272 e. The number of aryl methyl sites for hydroxylation is 2. The Morgan fingerprint density at radius 2 is 1.92 bits per heavy atom. The van der Waals surface area contributed by atoms with Crippen molar-refractivity contribution in [3.8, 4) is 5.75 Å². The van der Waals surface area contributed by atoms with Crippen molar-refractivity contribution in [2.45, 2.75) is 57.2 Å². The van der Waals surface area contributed by atoms with Gasteiger partial charge in [0.05, 0.1) is 27.7 Å². The number of amides is 1. The Labute approximate surface area is 222 Å². The second kappa shape index (κ2) is 10.2. The van der Waals surface area contributed by atoms with Crippen molar-refractivity contribution in [1.29, 1.82) is 0 Å². The van der Waals surface area contributed by atoms with Crippen molar-refractivity contribution < 1.29 is 9.53 Å². The summed E-state index contributed by atoms with van der Waals surface area (Å²) in [6.45, 7) is 1.75. The number of benzene rings is 2. The molecule has 1 aliphatic carbocycles. The summed E-state index contributed by atoms with van der Waals surface area (Å²) in [4.78, 5) is 15.7. The van der Waals surface area contributed by atoms with Crippen molar-refractivity contribution in [3.63, 3.8) is 0 Å². The van der Waals surface area contributed by atoms with Crippen molar-refractivity contribution in [2.24, 2.45) is 12.8 Å². The number of anilines is 2. The largest absolute Gasteiger partial charge is 0.490 e. The van der Waals surface area contributed by atoms with Gasteiger partial charge in [0.15, 0.2) is 0 Å². The molecule has 2 aromatic carbocycles. The number of fused-ring (bicyclic) bond motifs is 2. The van der Waals surface area contributed by atoms with Gasteiger partial charge in [-0.2, -0.15) is 0 Å². The summed E-state index contributed by atoms with van der Waals surface area (Å²) < 4.78 is 9.32. The minimum Gasteiger partial charge on any atom is -0.490 e. The van der Waals surface area contributed by atoms with Gasteiger partial charge in [-0.05, 0) is 85.4 Å². The fourth-order valence-corrected chi connectivity index (χ4v) is 6.59. The SMILES string of the molecule is Cn1c(C(=O)Nc2cccc3c2N(Cc2ccc(O[C@H]4CC[C@@H](N)CC4)cc2)CCC3)cc2sccc21. The van der Waals surface area contributed by atoms with Gasteiger partial charge in [0.2, 0.25) is 0 Å². The quantitative estimate of drug-likeness (QED) is 0.326. The number of rotatable bonds is 6. The molecule has 0 radical (unpaired) electrons. The third kappa shape index (κ3) is 4.98. The highest BCUT2D eigenvalue weighted by molar-refractivity contribution is 7.17. The van der Waals surface area contributed by atoms with E-state index in [1.54, 1.807) is 11.3 Å². The Morgan fingerprint density at radius 1 is 1.11 bits per heavy atom. The van der Waals surface area contributed by atoms with Crippen LogP contribution in [0, 0.1) is 0 Å². The molecule has 0 spiro atoms. The third-order valence-electron chi connectivity index (χ3n) is 7.77. The predicted molar refractivity (Wildman–Crippen MR) is 152 cm³/mol. The van der Waals surface area contributed by atoms with Gasteiger partial charge < -0.3 is 25.3 Å². The number of hydrogen-bond acceptors (Lipinski definition) is 5. The van der Waals surface area contributed by atoms with Crippen molar-refractivity contribution in [1.82, 2.24) is 4.57 Å². The molecule has 1 aliphatic heterocycles. The Bertz CT molecular complexity index is 1400. The van der Waals surface area contributed by atoms with E-state index < -0.39 is 0 Å². The monoisotopic (exact) mass is 514 g/mol. The lowest BCUT2D eigenvalue weighted by Gasteiger charge is -2.33. The molecule has 4 aromatic rings. The first kappa shape index (κ1) is 24.1. The zero-order valence-corrected chi connectivity index (χ0v) is 22.1. The Hall–Kier alpha value is -3.29. The van der Waals surface area contributed by atoms with Crippen LogP contribution in [0.1, 0.15) is 53.7 Å². The number of thiophene rings is 1. The molecule has 0 bridgehead atoms. The van der Waals surface area contributed by atoms with Gasteiger partial charge in [0.25, 0.3) is 5.91 Å². The summed E-state index contributed by atoms with van der Waals surface area (Å²) >= 11 is 1.66. The molecular weight excluding hydrogens is 480 g/mol. The van der Waals surface area contributed by atoms with Crippen LogP contribution in [0.3, 0.4) is 0 Å². The molecule has 37 heavy (non-hydrogen) atoms.